The van der Waals surface area contributed by atoms with Crippen molar-refractivity contribution in [2.45, 2.75) is 32.3 Å². The SMILES string of the molecule is CC(C)(C)c1ccc(NC(=O)[C@H]2COc3ccccc3O2)cc1. The van der Waals surface area contributed by atoms with Crippen LogP contribution >= 0.6 is 0 Å². The summed E-state index contributed by atoms with van der Waals surface area (Å²) >= 11 is 0. The number of carbonyl (C=O) groups excluding carboxylic acids is 1. The van der Waals surface area contributed by atoms with Gasteiger partial charge in [0.1, 0.15) is 6.61 Å². The molecule has 1 atom stereocenters. The average molecular weight is 311 g/mol. The summed E-state index contributed by atoms with van der Waals surface area (Å²) in [5.41, 5.74) is 2.07. The van der Waals surface area contributed by atoms with Crippen LogP contribution in [0, 0.1) is 0 Å². The fourth-order valence-electron chi connectivity index (χ4n) is 2.43. The molecule has 1 aliphatic rings. The maximum atomic E-state index is 12.3. The van der Waals surface area contributed by atoms with Gasteiger partial charge in [0.25, 0.3) is 5.91 Å². The van der Waals surface area contributed by atoms with Gasteiger partial charge in [-0.1, -0.05) is 45.0 Å². The van der Waals surface area contributed by atoms with Crippen molar-refractivity contribution in [2.24, 2.45) is 0 Å². The molecule has 2 aromatic rings. The van der Waals surface area contributed by atoms with Crippen molar-refractivity contribution in [1.82, 2.24) is 0 Å². The number of benzene rings is 2. The molecule has 0 fully saturated rings. The van der Waals surface area contributed by atoms with Gasteiger partial charge in [-0.15, -0.1) is 0 Å². The lowest BCUT2D eigenvalue weighted by atomic mass is 9.87. The molecule has 1 aliphatic heterocycles. The van der Waals surface area contributed by atoms with Gasteiger partial charge in [-0.05, 0) is 35.2 Å². The Labute approximate surface area is 136 Å². The van der Waals surface area contributed by atoms with Crippen molar-refractivity contribution in [3.05, 3.63) is 54.1 Å². The highest BCUT2D eigenvalue weighted by Gasteiger charge is 2.27. The standard InChI is InChI=1S/C19H21NO3/c1-19(2,3)13-8-10-14(11-9-13)20-18(21)17-12-22-15-6-4-5-7-16(15)23-17/h4-11,17H,12H2,1-3H3,(H,20,21)/t17-/m1/s1. The molecule has 120 valence electrons. The molecule has 0 saturated heterocycles. The van der Waals surface area contributed by atoms with Gasteiger partial charge < -0.3 is 14.8 Å². The molecule has 0 saturated carbocycles. The second-order valence-electron chi connectivity index (χ2n) is 6.68. The summed E-state index contributed by atoms with van der Waals surface area (Å²) in [5, 5.41) is 2.88. The van der Waals surface area contributed by atoms with Crippen molar-refractivity contribution < 1.29 is 14.3 Å². The Hall–Kier alpha value is -2.49. The number of ether oxygens (including phenoxy) is 2. The van der Waals surface area contributed by atoms with Gasteiger partial charge in [-0.25, -0.2) is 0 Å². The van der Waals surface area contributed by atoms with Crippen LogP contribution in [0.2, 0.25) is 0 Å². The quantitative estimate of drug-likeness (QED) is 0.918. The number of hydrogen-bond donors (Lipinski definition) is 1. The van der Waals surface area contributed by atoms with E-state index in [-0.39, 0.29) is 17.9 Å². The number of rotatable bonds is 2. The minimum absolute atomic E-state index is 0.0899. The Morgan fingerprint density at radius 3 is 2.35 bits per heavy atom. The highest BCUT2D eigenvalue weighted by molar-refractivity contribution is 5.94. The number of hydrogen-bond acceptors (Lipinski definition) is 3. The fourth-order valence-corrected chi connectivity index (χ4v) is 2.43. The van der Waals surface area contributed by atoms with E-state index in [1.165, 1.54) is 5.56 Å². The van der Waals surface area contributed by atoms with Crippen molar-refractivity contribution in [3.63, 3.8) is 0 Å². The van der Waals surface area contributed by atoms with E-state index < -0.39 is 6.10 Å². The number of anilines is 1. The summed E-state index contributed by atoms with van der Waals surface area (Å²) in [6.45, 7) is 6.69. The molecule has 3 rings (SSSR count). The van der Waals surface area contributed by atoms with Crippen LogP contribution in [0.3, 0.4) is 0 Å². The second-order valence-corrected chi connectivity index (χ2v) is 6.68. The van der Waals surface area contributed by atoms with Crippen LogP contribution in [0.5, 0.6) is 11.5 Å². The number of amides is 1. The average Bonchev–Trinajstić information content (AvgIpc) is 2.54. The molecule has 0 radical (unpaired) electrons. The van der Waals surface area contributed by atoms with E-state index in [1.54, 1.807) is 6.07 Å². The normalized spacial score (nSPS) is 16.7. The van der Waals surface area contributed by atoms with E-state index in [4.69, 9.17) is 9.47 Å². The molecule has 1 heterocycles. The Balaban J connectivity index is 1.66. The van der Waals surface area contributed by atoms with Crippen molar-refractivity contribution in [1.29, 1.82) is 0 Å². The van der Waals surface area contributed by atoms with E-state index in [9.17, 15) is 4.79 Å². The number of para-hydroxylation sites is 2. The molecule has 4 heteroatoms. The Morgan fingerprint density at radius 2 is 1.70 bits per heavy atom. The monoisotopic (exact) mass is 311 g/mol. The van der Waals surface area contributed by atoms with E-state index in [0.717, 1.165) is 5.69 Å². The summed E-state index contributed by atoms with van der Waals surface area (Å²) in [4.78, 5) is 12.3. The summed E-state index contributed by atoms with van der Waals surface area (Å²) < 4.78 is 11.3. The van der Waals surface area contributed by atoms with Crippen molar-refractivity contribution >= 4 is 11.6 Å². The smallest absolute Gasteiger partial charge is 0.269 e. The van der Waals surface area contributed by atoms with E-state index in [0.29, 0.717) is 11.5 Å². The predicted molar refractivity (Wildman–Crippen MR) is 90.1 cm³/mol. The highest BCUT2D eigenvalue weighted by Crippen LogP contribution is 2.31. The Morgan fingerprint density at radius 1 is 1.04 bits per heavy atom. The van der Waals surface area contributed by atoms with E-state index in [2.05, 4.69) is 26.1 Å². The van der Waals surface area contributed by atoms with Crippen LogP contribution in [0.1, 0.15) is 26.3 Å². The third-order valence-electron chi connectivity index (χ3n) is 3.82. The van der Waals surface area contributed by atoms with Crippen LogP contribution in [0.4, 0.5) is 5.69 Å². The van der Waals surface area contributed by atoms with Gasteiger partial charge in [0.15, 0.2) is 11.5 Å². The second kappa shape index (κ2) is 5.95. The molecule has 0 aliphatic carbocycles. The summed E-state index contributed by atoms with van der Waals surface area (Å²) in [7, 11) is 0. The van der Waals surface area contributed by atoms with Gasteiger partial charge in [0.05, 0.1) is 0 Å². The largest absolute Gasteiger partial charge is 0.485 e. The number of carbonyl (C=O) groups is 1. The first-order valence-corrected chi connectivity index (χ1v) is 7.73. The van der Waals surface area contributed by atoms with Gasteiger partial charge in [0.2, 0.25) is 6.10 Å². The fraction of sp³-hybridized carbons (Fsp3) is 0.316. The minimum atomic E-state index is -0.646. The molecule has 23 heavy (non-hydrogen) atoms. The summed E-state index contributed by atoms with van der Waals surface area (Å²) in [6, 6.07) is 15.2. The van der Waals surface area contributed by atoms with Crippen molar-refractivity contribution in [2.75, 3.05) is 11.9 Å². The lowest BCUT2D eigenvalue weighted by Gasteiger charge is -2.25. The highest BCUT2D eigenvalue weighted by atomic mass is 16.6. The maximum absolute atomic E-state index is 12.3. The number of nitrogens with one attached hydrogen (secondary N) is 1. The Bertz CT molecular complexity index is 701. The first-order chi connectivity index (χ1) is 10.9. The van der Waals surface area contributed by atoms with Crippen LogP contribution < -0.4 is 14.8 Å². The molecular formula is C19H21NO3. The van der Waals surface area contributed by atoms with Crippen LogP contribution in [0.15, 0.2) is 48.5 Å². The summed E-state index contributed by atoms with van der Waals surface area (Å²) in [5.74, 6) is 1.07. The topological polar surface area (TPSA) is 47.6 Å². The van der Waals surface area contributed by atoms with Crippen LogP contribution in [-0.4, -0.2) is 18.6 Å². The zero-order chi connectivity index (χ0) is 16.4. The van der Waals surface area contributed by atoms with Crippen molar-refractivity contribution in [3.8, 4) is 11.5 Å². The molecule has 0 aromatic heterocycles. The zero-order valence-corrected chi connectivity index (χ0v) is 13.6. The molecule has 0 spiro atoms. The molecule has 1 amide bonds. The third kappa shape index (κ3) is 3.47. The van der Waals surface area contributed by atoms with Crippen LogP contribution in [-0.2, 0) is 10.2 Å². The molecule has 0 bridgehead atoms. The maximum Gasteiger partial charge on any atom is 0.269 e. The molecule has 0 unspecified atom stereocenters. The number of fused-ring (bicyclic) bond motifs is 1. The molecule has 1 N–H and O–H groups in total. The van der Waals surface area contributed by atoms with Gasteiger partial charge in [-0.2, -0.15) is 0 Å². The lowest BCUT2D eigenvalue weighted by Crippen LogP contribution is -2.40. The lowest BCUT2D eigenvalue weighted by molar-refractivity contribution is -0.125. The van der Waals surface area contributed by atoms with E-state index in [1.807, 2.05) is 42.5 Å². The zero-order valence-electron chi connectivity index (χ0n) is 13.6. The third-order valence-corrected chi connectivity index (χ3v) is 3.82. The van der Waals surface area contributed by atoms with E-state index >= 15 is 0 Å². The molecule has 2 aromatic carbocycles. The van der Waals surface area contributed by atoms with Gasteiger partial charge >= 0.3 is 0 Å². The predicted octanol–water partition coefficient (Wildman–Crippen LogP) is 3.76. The summed E-state index contributed by atoms with van der Waals surface area (Å²) in [6.07, 6.45) is -0.646. The van der Waals surface area contributed by atoms with Crippen LogP contribution in [0.25, 0.3) is 0 Å². The van der Waals surface area contributed by atoms with Gasteiger partial charge in [0, 0.05) is 5.69 Å². The molecular weight excluding hydrogens is 290 g/mol. The van der Waals surface area contributed by atoms with Gasteiger partial charge in [-0.3, -0.25) is 4.79 Å². The first kappa shape index (κ1) is 15.4. The first-order valence-electron chi connectivity index (χ1n) is 7.73. The minimum Gasteiger partial charge on any atom is -0.485 e. The molecule has 4 nitrogen and oxygen atoms in total. The Kier molecular flexibility index (Phi) is 3.99.